The highest BCUT2D eigenvalue weighted by molar-refractivity contribution is 5.80. The second-order valence-electron chi connectivity index (χ2n) is 25.9. The van der Waals surface area contributed by atoms with Crippen LogP contribution in [-0.2, 0) is 42.7 Å². The van der Waals surface area contributed by atoms with Gasteiger partial charge in [0.25, 0.3) is 0 Å². The van der Waals surface area contributed by atoms with Gasteiger partial charge in [-0.3, -0.25) is 14.5 Å². The second-order valence-corrected chi connectivity index (χ2v) is 25.9. The first-order valence-corrected chi connectivity index (χ1v) is 32.7. The van der Waals surface area contributed by atoms with Crippen LogP contribution in [0.25, 0.3) is 0 Å². The molecular formula is C65H105N3O27. The average Bonchev–Trinajstić information content (AvgIpc) is 0.785. The number of β-amino-alcohol motifs (C(OH)–C–C–N with tert-alkyl or cyclic N) is 1. The van der Waals surface area contributed by atoms with Crippen LogP contribution in [-0.4, -0.2) is 325 Å². The Kier molecular flexibility index (Phi) is 32.1. The highest BCUT2D eigenvalue weighted by Gasteiger charge is 2.56. The van der Waals surface area contributed by atoms with E-state index in [1.54, 1.807) is 92.8 Å². The molecule has 5 fully saturated rings. The minimum absolute atomic E-state index is 0.121. The summed E-state index contributed by atoms with van der Waals surface area (Å²) in [7, 11) is 0. The number of cyclic esters (lactones) is 1. The van der Waals surface area contributed by atoms with E-state index >= 15 is 0 Å². The molecule has 0 saturated carbocycles. The number of carbonyl (C=O) groups is 2. The van der Waals surface area contributed by atoms with Gasteiger partial charge in [0.05, 0.1) is 112 Å². The zero-order valence-corrected chi connectivity index (χ0v) is 54.2. The van der Waals surface area contributed by atoms with Crippen molar-refractivity contribution >= 4 is 11.9 Å². The van der Waals surface area contributed by atoms with Crippen LogP contribution in [0.2, 0.25) is 0 Å². The number of amides is 1. The molecule has 6 rings (SSSR count). The maximum Gasteiger partial charge on any atom is 0.308 e. The molecule has 0 aliphatic carbocycles. The van der Waals surface area contributed by atoms with Crippen LogP contribution >= 0.6 is 0 Å². The highest BCUT2D eigenvalue weighted by atomic mass is 16.7. The number of carbonyl (C=O) groups excluding carboxylic acids is 2. The molecule has 1 amide bonds. The Morgan fingerprint density at radius 2 is 1.22 bits per heavy atom. The first kappa shape index (κ1) is 80.1. The predicted molar refractivity (Wildman–Crippen MR) is 335 cm³/mol. The van der Waals surface area contributed by atoms with E-state index in [9.17, 15) is 102 Å². The Bertz CT molecular complexity index is 2540. The maximum absolute atomic E-state index is 14.7. The molecule has 30 heteroatoms. The molecule has 30 nitrogen and oxygen atoms in total. The molecule has 2 bridgehead atoms. The van der Waals surface area contributed by atoms with Crippen molar-refractivity contribution in [1.29, 1.82) is 0 Å². The van der Waals surface area contributed by atoms with Crippen molar-refractivity contribution in [2.45, 2.75) is 231 Å². The Labute approximate surface area is 553 Å². The zero-order valence-electron chi connectivity index (χ0n) is 54.2. The molecule has 19 N–H and O–H groups in total. The third kappa shape index (κ3) is 23.1. The van der Waals surface area contributed by atoms with E-state index in [-0.39, 0.29) is 44.9 Å². The van der Waals surface area contributed by atoms with Crippen LogP contribution in [0.4, 0.5) is 0 Å². The molecule has 95 heavy (non-hydrogen) atoms. The lowest BCUT2D eigenvalue weighted by Crippen LogP contribution is -2.70. The van der Waals surface area contributed by atoms with Gasteiger partial charge in [-0.15, -0.1) is 0 Å². The van der Waals surface area contributed by atoms with Crippen molar-refractivity contribution in [1.82, 2.24) is 15.1 Å². The predicted octanol–water partition coefficient (Wildman–Crippen LogP) is -4.98. The van der Waals surface area contributed by atoms with Gasteiger partial charge in [0.1, 0.15) is 54.9 Å². The summed E-state index contributed by atoms with van der Waals surface area (Å²) in [6.45, 7) is 5.64. The van der Waals surface area contributed by atoms with E-state index in [2.05, 4.69) is 5.32 Å². The molecule has 5 saturated heterocycles. The molecule has 0 aromatic heterocycles. The molecule has 0 aromatic carbocycles. The second kappa shape index (κ2) is 38.0. The SMILES string of the molecule is C[C@@H]1[C@H](O)[C@@H](C)/C=C/C=C/C=C/C=C/C=C/C=C/C=C/[C@H](OC2O[C@H](C)[C@@H](O)[C@H](NC[C@@]3(O)OC[C@@H](O)[C@@H](OC4O[C@H](CO)[C@H](O)[C@H](O)[C@H]4O)[C@@H]3O)[C@@H]2O)CC2O[C@](O)(C[C@@H](O)C[C@@H](O)[C@H](O)CC[C@@H](O)C[C@@H](O)CC(=O)O[C@H]1C)C[C@H](O)C2C(=O)N1CCN(CCO)CC1. The van der Waals surface area contributed by atoms with Crippen LogP contribution in [0, 0.1) is 17.8 Å². The fourth-order valence-corrected chi connectivity index (χ4v) is 12.5. The van der Waals surface area contributed by atoms with Gasteiger partial charge in [0, 0.05) is 70.2 Å². The van der Waals surface area contributed by atoms with Gasteiger partial charge < -0.3 is 135 Å². The third-order valence-corrected chi connectivity index (χ3v) is 18.5. The lowest BCUT2D eigenvalue weighted by Gasteiger charge is -2.48. The molecule has 4 unspecified atom stereocenters. The van der Waals surface area contributed by atoms with Crippen molar-refractivity contribution in [2.24, 2.45) is 17.8 Å². The van der Waals surface area contributed by atoms with Gasteiger partial charge in [0.15, 0.2) is 18.4 Å². The summed E-state index contributed by atoms with van der Waals surface area (Å²) in [4.78, 5) is 31.0. The molecule has 0 aromatic rings. The molecule has 6 aliphatic heterocycles. The lowest BCUT2D eigenvalue weighted by atomic mass is 9.81. The summed E-state index contributed by atoms with van der Waals surface area (Å²) in [5.41, 5.74) is 0. The summed E-state index contributed by atoms with van der Waals surface area (Å²) in [6.07, 6.45) is -13.8. The first-order valence-electron chi connectivity index (χ1n) is 32.7. The molecule has 0 radical (unpaired) electrons. The molecule has 0 spiro atoms. The number of nitrogens with one attached hydrogen (secondary N) is 1. The van der Waals surface area contributed by atoms with Gasteiger partial charge in [-0.2, -0.15) is 0 Å². The fourth-order valence-electron chi connectivity index (χ4n) is 12.5. The van der Waals surface area contributed by atoms with E-state index in [1.165, 1.54) is 17.9 Å². The zero-order chi connectivity index (χ0) is 69.9. The minimum atomic E-state index is -2.68. The van der Waals surface area contributed by atoms with E-state index in [1.807, 2.05) is 11.8 Å². The average molecular weight is 1360 g/mol. The number of allylic oxidation sites excluding steroid dienone is 12. The molecular weight excluding hydrogens is 1250 g/mol. The van der Waals surface area contributed by atoms with Crippen LogP contribution in [0.1, 0.15) is 79.1 Å². The Hall–Kier alpha value is -3.92. The number of ether oxygens (including phenoxy) is 7. The van der Waals surface area contributed by atoms with Gasteiger partial charge >= 0.3 is 5.97 Å². The van der Waals surface area contributed by atoms with E-state index < -0.39 is 228 Å². The van der Waals surface area contributed by atoms with Crippen LogP contribution in [0.5, 0.6) is 0 Å². The number of fused-ring (bicyclic) bond motifs is 2. The van der Waals surface area contributed by atoms with Gasteiger partial charge in [-0.05, 0) is 33.1 Å². The Morgan fingerprint density at radius 1 is 0.611 bits per heavy atom. The number of aliphatic hydroxyl groups is 18. The van der Waals surface area contributed by atoms with E-state index in [4.69, 9.17) is 33.2 Å². The van der Waals surface area contributed by atoms with E-state index in [0.717, 1.165) is 0 Å². The van der Waals surface area contributed by atoms with Gasteiger partial charge in [-0.1, -0.05) is 98.9 Å². The van der Waals surface area contributed by atoms with Gasteiger partial charge in [0.2, 0.25) is 11.7 Å². The summed E-state index contributed by atoms with van der Waals surface area (Å²) in [6, 6.07) is -1.48. The number of hydrogen-bond acceptors (Lipinski definition) is 29. The maximum atomic E-state index is 14.7. The summed E-state index contributed by atoms with van der Waals surface area (Å²) >= 11 is 0. The van der Waals surface area contributed by atoms with Crippen molar-refractivity contribution in [3.63, 3.8) is 0 Å². The topological polar surface area (TPSA) is 481 Å². The van der Waals surface area contributed by atoms with Crippen LogP contribution in [0.3, 0.4) is 0 Å². The number of esters is 1. The molecule has 28 atom stereocenters. The number of rotatable bonds is 11. The van der Waals surface area contributed by atoms with Crippen molar-refractivity contribution in [3.05, 3.63) is 85.1 Å². The normalized spacial score (nSPS) is 45.9. The first-order chi connectivity index (χ1) is 45.0. The highest BCUT2D eigenvalue weighted by Crippen LogP contribution is 2.40. The largest absolute Gasteiger partial charge is 0.462 e. The number of nitrogens with zero attached hydrogens (tertiary/aromatic N) is 2. The van der Waals surface area contributed by atoms with Crippen molar-refractivity contribution < 1.29 is 135 Å². The Balaban J connectivity index is 1.27. The molecule has 6 heterocycles. The minimum Gasteiger partial charge on any atom is -0.462 e. The van der Waals surface area contributed by atoms with E-state index in [0.29, 0.717) is 19.6 Å². The Morgan fingerprint density at radius 3 is 1.84 bits per heavy atom. The van der Waals surface area contributed by atoms with Crippen LogP contribution < -0.4 is 5.32 Å². The summed E-state index contributed by atoms with van der Waals surface area (Å²) < 4.78 is 41.0. The third-order valence-electron chi connectivity index (χ3n) is 18.5. The monoisotopic (exact) mass is 1360 g/mol. The lowest BCUT2D eigenvalue weighted by molar-refractivity contribution is -0.368. The number of hydrogen-bond donors (Lipinski definition) is 19. The van der Waals surface area contributed by atoms with Crippen LogP contribution in [0.15, 0.2) is 85.1 Å². The fraction of sp³-hybridized carbons (Fsp3) is 0.754. The summed E-state index contributed by atoms with van der Waals surface area (Å²) in [5, 5.41) is 201. The molecule has 542 valence electrons. The standard InChI is InChI=1S/C65H105N3O27/c1-36-17-15-13-11-9-7-5-6-8-10-12-14-16-18-43(92-62-56(82)52(54(80)39(4)91-62)66-35-65(88)60(85)59(47(77)34-89-65)94-63-58(84)57(83)55(81)49(33-70)93-63)30-48-51(61(86)68-23-21-67(22-24-68)25-26-69)46(76)32-64(87,95-48)31-42(73)28-45(75)44(74)20-19-40(71)27-41(72)29-50(78)90-38(3)37(2)53(36)79/h5-18,36-49,51-60,62-63,66,69-77,79-85,87-88H,19-35H2,1-4H3/b6-5+,9-7+,10-8+,13-11+,14-12+,17-15+,18-16+/t36-,37-,38-,39+,40+,41+,42-,43-,44+,45+,46-,47+,48?,49+,51?,52-,53+,54+,55-,56-,57-,58+,59+,60-,62?,63?,64+,65+/m0/s1. The van der Waals surface area contributed by atoms with Crippen molar-refractivity contribution in [2.75, 3.05) is 59.1 Å². The smallest absolute Gasteiger partial charge is 0.308 e. The number of piperazine rings is 1. The number of aliphatic hydroxyl groups excluding tert-OH is 16. The molecule has 6 aliphatic rings. The summed E-state index contributed by atoms with van der Waals surface area (Å²) in [5.74, 6) is -8.68. The quantitative estimate of drug-likeness (QED) is 0.0862. The van der Waals surface area contributed by atoms with Gasteiger partial charge in [-0.25, -0.2) is 0 Å². The van der Waals surface area contributed by atoms with Crippen molar-refractivity contribution in [3.8, 4) is 0 Å².